The lowest BCUT2D eigenvalue weighted by Crippen LogP contribution is -2.08. The first kappa shape index (κ1) is 12.3. The van der Waals surface area contributed by atoms with Crippen LogP contribution < -0.4 is 5.32 Å². The third-order valence-electron chi connectivity index (χ3n) is 3.63. The number of aromatic amines is 1. The molecule has 5 heteroatoms. The zero-order valence-electron chi connectivity index (χ0n) is 11.6. The Morgan fingerprint density at radius 2 is 2.26 bits per heavy atom. The van der Waals surface area contributed by atoms with E-state index in [0.717, 1.165) is 31.0 Å². The average Bonchev–Trinajstić information content (AvgIpc) is 3.05. The average molecular weight is 259 g/mol. The van der Waals surface area contributed by atoms with Gasteiger partial charge in [-0.05, 0) is 45.1 Å². The van der Waals surface area contributed by atoms with Crippen molar-refractivity contribution in [3.63, 3.8) is 0 Å². The molecule has 2 heterocycles. The van der Waals surface area contributed by atoms with E-state index in [4.69, 9.17) is 0 Å². The maximum absolute atomic E-state index is 4.56. The summed E-state index contributed by atoms with van der Waals surface area (Å²) in [5, 5.41) is 10.5. The van der Waals surface area contributed by atoms with Gasteiger partial charge in [0, 0.05) is 24.5 Å². The van der Waals surface area contributed by atoms with Gasteiger partial charge in [-0.25, -0.2) is 4.98 Å². The number of rotatable bonds is 6. The molecule has 2 aromatic rings. The van der Waals surface area contributed by atoms with Crippen LogP contribution in [0.2, 0.25) is 0 Å². The molecule has 0 aromatic carbocycles. The van der Waals surface area contributed by atoms with E-state index in [1.54, 1.807) is 0 Å². The molecule has 19 heavy (non-hydrogen) atoms. The molecule has 0 saturated heterocycles. The highest BCUT2D eigenvalue weighted by Gasteiger charge is 2.25. The molecule has 2 aromatic heterocycles. The lowest BCUT2D eigenvalue weighted by Gasteiger charge is -2.08. The Balaban J connectivity index is 1.51. The summed E-state index contributed by atoms with van der Waals surface area (Å²) in [4.78, 5) is 4.56. The molecule has 0 radical (unpaired) electrons. The zero-order chi connectivity index (χ0) is 13.2. The lowest BCUT2D eigenvalue weighted by molar-refractivity contribution is 0.736. The van der Waals surface area contributed by atoms with Crippen LogP contribution in [0.15, 0.2) is 12.4 Å². The number of nitrogens with one attached hydrogen (secondary N) is 2. The first-order valence-electron chi connectivity index (χ1n) is 7.02. The van der Waals surface area contributed by atoms with E-state index in [-0.39, 0.29) is 0 Å². The summed E-state index contributed by atoms with van der Waals surface area (Å²) >= 11 is 0. The van der Waals surface area contributed by atoms with E-state index in [2.05, 4.69) is 45.1 Å². The molecule has 0 atom stereocenters. The van der Waals surface area contributed by atoms with Crippen LogP contribution in [0.25, 0.3) is 0 Å². The van der Waals surface area contributed by atoms with Crippen molar-refractivity contribution in [2.75, 3.05) is 11.9 Å². The summed E-state index contributed by atoms with van der Waals surface area (Å²) in [5.41, 5.74) is 3.58. The Kier molecular flexibility index (Phi) is 3.27. The number of nitrogens with zero attached hydrogens (tertiary/aromatic N) is 3. The fraction of sp³-hybridized carbons (Fsp3) is 0.571. The number of aromatic nitrogens is 4. The molecule has 0 aliphatic heterocycles. The minimum absolute atomic E-state index is 0.680. The molecule has 0 amide bonds. The number of hydrogen-bond acceptors (Lipinski definition) is 3. The Hall–Kier alpha value is -1.78. The SMILES string of the molecule is Cc1cn(C2CC2)c(NCCCc2cn[nH]c2C)n1. The van der Waals surface area contributed by atoms with Gasteiger partial charge < -0.3 is 9.88 Å². The van der Waals surface area contributed by atoms with Crippen LogP contribution >= 0.6 is 0 Å². The quantitative estimate of drug-likeness (QED) is 0.784. The zero-order valence-corrected chi connectivity index (χ0v) is 11.6. The van der Waals surface area contributed by atoms with E-state index in [0.29, 0.717) is 6.04 Å². The van der Waals surface area contributed by atoms with Crippen LogP contribution in [-0.4, -0.2) is 26.3 Å². The fourth-order valence-electron chi connectivity index (χ4n) is 2.38. The first-order chi connectivity index (χ1) is 9.24. The molecule has 1 aliphatic carbocycles. The fourth-order valence-corrected chi connectivity index (χ4v) is 2.38. The monoisotopic (exact) mass is 259 g/mol. The van der Waals surface area contributed by atoms with Gasteiger partial charge in [0.25, 0.3) is 0 Å². The number of aryl methyl sites for hydroxylation is 3. The molecule has 1 saturated carbocycles. The normalized spacial score (nSPS) is 14.8. The van der Waals surface area contributed by atoms with Gasteiger partial charge in [-0.1, -0.05) is 0 Å². The van der Waals surface area contributed by atoms with E-state index in [1.165, 1.54) is 24.1 Å². The van der Waals surface area contributed by atoms with Gasteiger partial charge in [0.1, 0.15) is 0 Å². The van der Waals surface area contributed by atoms with E-state index < -0.39 is 0 Å². The number of imidazole rings is 1. The third kappa shape index (κ3) is 2.80. The van der Waals surface area contributed by atoms with Crippen molar-refractivity contribution in [3.8, 4) is 0 Å². The summed E-state index contributed by atoms with van der Waals surface area (Å²) in [6, 6.07) is 0.680. The van der Waals surface area contributed by atoms with Crippen molar-refractivity contribution in [2.45, 2.75) is 45.6 Å². The molecule has 2 N–H and O–H groups in total. The molecule has 102 valence electrons. The second kappa shape index (κ2) is 5.07. The summed E-state index contributed by atoms with van der Waals surface area (Å²) in [6.45, 7) is 5.08. The molecule has 0 bridgehead atoms. The van der Waals surface area contributed by atoms with Crippen LogP contribution in [0.3, 0.4) is 0 Å². The van der Waals surface area contributed by atoms with Crippen LogP contribution in [0.1, 0.15) is 42.3 Å². The maximum Gasteiger partial charge on any atom is 0.203 e. The highest BCUT2D eigenvalue weighted by Crippen LogP contribution is 2.37. The predicted octanol–water partition coefficient (Wildman–Crippen LogP) is 2.60. The van der Waals surface area contributed by atoms with Gasteiger partial charge in [0.05, 0.1) is 11.9 Å². The Morgan fingerprint density at radius 1 is 1.42 bits per heavy atom. The van der Waals surface area contributed by atoms with Gasteiger partial charge >= 0.3 is 0 Å². The highest BCUT2D eigenvalue weighted by atomic mass is 15.2. The van der Waals surface area contributed by atoms with E-state index in [1.807, 2.05) is 6.20 Å². The molecule has 0 spiro atoms. The number of H-pyrrole nitrogens is 1. The van der Waals surface area contributed by atoms with E-state index >= 15 is 0 Å². The Labute approximate surface area is 113 Å². The molecule has 1 fully saturated rings. The van der Waals surface area contributed by atoms with Crippen LogP contribution in [0.5, 0.6) is 0 Å². The van der Waals surface area contributed by atoms with Crippen molar-refractivity contribution < 1.29 is 0 Å². The predicted molar refractivity (Wildman–Crippen MR) is 75.4 cm³/mol. The third-order valence-corrected chi connectivity index (χ3v) is 3.63. The van der Waals surface area contributed by atoms with Crippen molar-refractivity contribution in [2.24, 2.45) is 0 Å². The minimum atomic E-state index is 0.680. The molecular formula is C14H21N5. The van der Waals surface area contributed by atoms with Crippen LogP contribution in [0, 0.1) is 13.8 Å². The Bertz CT molecular complexity index is 550. The first-order valence-corrected chi connectivity index (χ1v) is 7.02. The van der Waals surface area contributed by atoms with Gasteiger partial charge in [-0.15, -0.1) is 0 Å². The standard InChI is InChI=1S/C14H21N5/c1-10-9-19(13-5-6-13)14(17-10)15-7-3-4-12-8-16-18-11(12)2/h8-9,13H,3-7H2,1-2H3,(H,15,17)(H,16,18). The minimum Gasteiger partial charge on any atom is -0.356 e. The molecule has 5 nitrogen and oxygen atoms in total. The van der Waals surface area contributed by atoms with Crippen LogP contribution in [0.4, 0.5) is 5.95 Å². The van der Waals surface area contributed by atoms with Crippen molar-refractivity contribution in [3.05, 3.63) is 29.3 Å². The molecular weight excluding hydrogens is 238 g/mol. The summed E-state index contributed by atoms with van der Waals surface area (Å²) in [7, 11) is 0. The molecule has 0 unspecified atom stereocenters. The largest absolute Gasteiger partial charge is 0.356 e. The van der Waals surface area contributed by atoms with Crippen molar-refractivity contribution in [1.82, 2.24) is 19.7 Å². The maximum atomic E-state index is 4.56. The number of hydrogen-bond donors (Lipinski definition) is 2. The lowest BCUT2D eigenvalue weighted by atomic mass is 10.1. The molecule has 3 rings (SSSR count). The van der Waals surface area contributed by atoms with Gasteiger partial charge in [0.15, 0.2) is 0 Å². The number of anilines is 1. The summed E-state index contributed by atoms with van der Waals surface area (Å²) in [6.07, 6.45) is 8.80. The summed E-state index contributed by atoms with van der Waals surface area (Å²) < 4.78 is 2.29. The van der Waals surface area contributed by atoms with E-state index in [9.17, 15) is 0 Å². The van der Waals surface area contributed by atoms with Crippen molar-refractivity contribution in [1.29, 1.82) is 0 Å². The molecule has 1 aliphatic rings. The Morgan fingerprint density at radius 3 is 2.95 bits per heavy atom. The van der Waals surface area contributed by atoms with Crippen LogP contribution in [-0.2, 0) is 6.42 Å². The summed E-state index contributed by atoms with van der Waals surface area (Å²) in [5.74, 6) is 1.03. The smallest absolute Gasteiger partial charge is 0.203 e. The second-order valence-corrected chi connectivity index (χ2v) is 5.39. The van der Waals surface area contributed by atoms with Gasteiger partial charge in [-0.3, -0.25) is 5.10 Å². The van der Waals surface area contributed by atoms with Crippen molar-refractivity contribution >= 4 is 5.95 Å². The highest BCUT2D eigenvalue weighted by molar-refractivity contribution is 5.30. The van der Waals surface area contributed by atoms with Gasteiger partial charge in [0.2, 0.25) is 5.95 Å². The second-order valence-electron chi connectivity index (χ2n) is 5.39. The van der Waals surface area contributed by atoms with Gasteiger partial charge in [-0.2, -0.15) is 5.10 Å². The topological polar surface area (TPSA) is 58.5 Å².